The van der Waals surface area contributed by atoms with Crippen molar-refractivity contribution in [2.24, 2.45) is 0 Å². The molecular formula is C9H8BrN3O2S. The molecule has 0 radical (unpaired) electrons. The van der Waals surface area contributed by atoms with Gasteiger partial charge in [-0.25, -0.2) is 9.48 Å². The van der Waals surface area contributed by atoms with Crippen molar-refractivity contribution < 1.29 is 9.90 Å². The Morgan fingerprint density at radius 3 is 2.94 bits per heavy atom. The Hall–Kier alpha value is -1.21. The Kier molecular flexibility index (Phi) is 3.06. The van der Waals surface area contributed by atoms with Crippen molar-refractivity contribution in [3.05, 3.63) is 21.6 Å². The predicted octanol–water partition coefficient (Wildman–Crippen LogP) is 2.49. The van der Waals surface area contributed by atoms with E-state index in [1.54, 1.807) is 4.68 Å². The summed E-state index contributed by atoms with van der Waals surface area (Å²) in [6, 6.07) is 1.86. The van der Waals surface area contributed by atoms with Crippen molar-refractivity contribution in [3.8, 4) is 10.6 Å². The lowest BCUT2D eigenvalue weighted by Crippen LogP contribution is -2.02. The van der Waals surface area contributed by atoms with Crippen LogP contribution in [0.3, 0.4) is 0 Å². The van der Waals surface area contributed by atoms with Crippen LogP contribution in [0.2, 0.25) is 0 Å². The minimum absolute atomic E-state index is 0.00352. The van der Waals surface area contributed by atoms with Gasteiger partial charge in [0.1, 0.15) is 5.69 Å². The molecule has 0 fully saturated rings. The van der Waals surface area contributed by atoms with Crippen LogP contribution in [0.25, 0.3) is 10.6 Å². The van der Waals surface area contributed by atoms with Gasteiger partial charge in [-0.15, -0.1) is 16.4 Å². The second kappa shape index (κ2) is 4.34. The third-order valence-corrected chi connectivity index (χ3v) is 3.74. The lowest BCUT2D eigenvalue weighted by atomic mass is 10.2. The molecule has 5 nitrogen and oxygen atoms in total. The first-order chi connectivity index (χ1) is 7.63. The van der Waals surface area contributed by atoms with E-state index >= 15 is 0 Å². The number of halogens is 1. The van der Waals surface area contributed by atoms with Gasteiger partial charge in [-0.1, -0.05) is 5.21 Å². The van der Waals surface area contributed by atoms with Crippen LogP contribution < -0.4 is 0 Å². The summed E-state index contributed by atoms with van der Waals surface area (Å²) in [5, 5.41) is 18.4. The number of aromatic carboxylic acids is 1. The number of rotatable bonds is 3. The summed E-state index contributed by atoms with van der Waals surface area (Å²) in [6.07, 6.45) is 0. The van der Waals surface area contributed by atoms with Crippen LogP contribution in [0.1, 0.15) is 17.4 Å². The van der Waals surface area contributed by atoms with Crippen molar-refractivity contribution >= 4 is 33.2 Å². The summed E-state index contributed by atoms with van der Waals surface area (Å²) in [6.45, 7) is 2.48. The Labute approximate surface area is 104 Å². The number of hydrogen-bond donors (Lipinski definition) is 1. The van der Waals surface area contributed by atoms with Gasteiger partial charge < -0.3 is 5.11 Å². The molecule has 0 aliphatic heterocycles. The first kappa shape index (κ1) is 11.3. The summed E-state index contributed by atoms with van der Waals surface area (Å²) in [5.74, 6) is -1.06. The first-order valence-electron chi connectivity index (χ1n) is 4.54. The molecule has 7 heteroatoms. The van der Waals surface area contributed by atoms with E-state index in [1.165, 1.54) is 11.3 Å². The molecule has 0 atom stereocenters. The average Bonchev–Trinajstić information content (AvgIpc) is 2.82. The van der Waals surface area contributed by atoms with E-state index in [2.05, 4.69) is 26.2 Å². The fourth-order valence-corrected chi connectivity index (χ4v) is 2.84. The molecule has 0 amide bonds. The second-order valence-corrected chi connectivity index (χ2v) is 4.86. The molecule has 2 heterocycles. The highest BCUT2D eigenvalue weighted by atomic mass is 79.9. The maximum Gasteiger partial charge on any atom is 0.358 e. The van der Waals surface area contributed by atoms with E-state index in [9.17, 15) is 4.79 Å². The number of carbonyl (C=O) groups is 1. The number of nitrogens with zero attached hydrogens (tertiary/aromatic N) is 3. The van der Waals surface area contributed by atoms with Crippen molar-refractivity contribution in [3.63, 3.8) is 0 Å². The molecule has 2 rings (SSSR count). The third kappa shape index (κ3) is 1.88. The van der Waals surface area contributed by atoms with E-state index in [0.29, 0.717) is 12.2 Å². The van der Waals surface area contributed by atoms with E-state index in [0.717, 1.165) is 9.35 Å². The summed E-state index contributed by atoms with van der Waals surface area (Å²) in [4.78, 5) is 11.9. The number of carboxylic acid groups (broad SMARTS) is 1. The smallest absolute Gasteiger partial charge is 0.358 e. The van der Waals surface area contributed by atoms with Gasteiger partial charge in [-0.2, -0.15) is 0 Å². The predicted molar refractivity (Wildman–Crippen MR) is 63.7 cm³/mol. The van der Waals surface area contributed by atoms with Crippen molar-refractivity contribution in [1.29, 1.82) is 0 Å². The zero-order valence-corrected chi connectivity index (χ0v) is 10.7. The molecule has 0 saturated heterocycles. The molecule has 0 saturated carbocycles. The zero-order valence-electron chi connectivity index (χ0n) is 8.35. The van der Waals surface area contributed by atoms with Crippen molar-refractivity contribution in [1.82, 2.24) is 15.0 Å². The van der Waals surface area contributed by atoms with Crippen molar-refractivity contribution in [2.75, 3.05) is 0 Å². The summed E-state index contributed by atoms with van der Waals surface area (Å²) in [7, 11) is 0. The van der Waals surface area contributed by atoms with E-state index < -0.39 is 5.97 Å². The number of hydrogen-bond acceptors (Lipinski definition) is 4. The Balaban J connectivity index is 2.60. The van der Waals surface area contributed by atoms with Gasteiger partial charge in [0, 0.05) is 16.4 Å². The van der Waals surface area contributed by atoms with Gasteiger partial charge >= 0.3 is 5.97 Å². The van der Waals surface area contributed by atoms with Gasteiger partial charge in [-0.3, -0.25) is 0 Å². The van der Waals surface area contributed by atoms with E-state index in [-0.39, 0.29) is 5.69 Å². The summed E-state index contributed by atoms with van der Waals surface area (Å²) < 4.78 is 2.51. The fraction of sp³-hybridized carbons (Fsp3) is 0.222. The molecule has 0 bridgehead atoms. The summed E-state index contributed by atoms with van der Waals surface area (Å²) >= 11 is 4.80. The van der Waals surface area contributed by atoms with Gasteiger partial charge in [0.2, 0.25) is 0 Å². The van der Waals surface area contributed by atoms with Crippen LogP contribution in [0.15, 0.2) is 15.9 Å². The van der Waals surface area contributed by atoms with Gasteiger partial charge in [0.15, 0.2) is 5.69 Å². The van der Waals surface area contributed by atoms with Crippen LogP contribution >= 0.6 is 27.3 Å². The highest BCUT2D eigenvalue weighted by Gasteiger charge is 2.20. The van der Waals surface area contributed by atoms with Crippen LogP contribution in [-0.4, -0.2) is 26.1 Å². The van der Waals surface area contributed by atoms with Gasteiger partial charge in [0.05, 0.1) is 4.88 Å². The SMILES string of the molecule is CCn1nnc(C(=O)O)c1-c1cc(Br)cs1. The lowest BCUT2D eigenvalue weighted by Gasteiger charge is -2.00. The van der Waals surface area contributed by atoms with Gasteiger partial charge in [0.25, 0.3) is 0 Å². The van der Waals surface area contributed by atoms with Crippen LogP contribution in [0.5, 0.6) is 0 Å². The first-order valence-corrected chi connectivity index (χ1v) is 6.22. The number of carboxylic acids is 1. The second-order valence-electron chi connectivity index (χ2n) is 3.04. The average molecular weight is 302 g/mol. The number of aromatic nitrogens is 3. The molecular weight excluding hydrogens is 294 g/mol. The topological polar surface area (TPSA) is 68.0 Å². The van der Waals surface area contributed by atoms with Crippen LogP contribution in [0, 0.1) is 0 Å². The van der Waals surface area contributed by atoms with E-state index in [4.69, 9.17) is 5.11 Å². The zero-order chi connectivity index (χ0) is 11.7. The molecule has 2 aromatic rings. The maximum absolute atomic E-state index is 11.0. The molecule has 0 spiro atoms. The van der Waals surface area contributed by atoms with Crippen molar-refractivity contribution in [2.45, 2.75) is 13.5 Å². The van der Waals surface area contributed by atoms with Gasteiger partial charge in [-0.05, 0) is 28.9 Å². The largest absolute Gasteiger partial charge is 0.476 e. The third-order valence-electron chi connectivity index (χ3n) is 2.04. The monoisotopic (exact) mass is 301 g/mol. The molecule has 16 heavy (non-hydrogen) atoms. The Morgan fingerprint density at radius 2 is 2.44 bits per heavy atom. The molecule has 2 aromatic heterocycles. The highest BCUT2D eigenvalue weighted by Crippen LogP contribution is 2.31. The molecule has 0 aliphatic carbocycles. The Bertz CT molecular complexity index is 535. The molecule has 0 aliphatic rings. The standard InChI is InChI=1S/C9H8BrN3O2S/c1-2-13-8(6-3-5(10)4-16-6)7(9(14)15)11-12-13/h3-4H,2H2,1H3,(H,14,15). The molecule has 0 aromatic carbocycles. The van der Waals surface area contributed by atoms with E-state index in [1.807, 2.05) is 18.4 Å². The lowest BCUT2D eigenvalue weighted by molar-refractivity contribution is 0.0691. The van der Waals surface area contributed by atoms with Crippen LogP contribution in [-0.2, 0) is 6.54 Å². The maximum atomic E-state index is 11.0. The minimum atomic E-state index is -1.06. The normalized spacial score (nSPS) is 10.6. The quantitative estimate of drug-likeness (QED) is 0.946. The fourth-order valence-electron chi connectivity index (χ4n) is 1.36. The highest BCUT2D eigenvalue weighted by molar-refractivity contribution is 9.10. The number of aryl methyl sites for hydroxylation is 1. The Morgan fingerprint density at radius 1 is 1.69 bits per heavy atom. The molecule has 0 unspecified atom stereocenters. The molecule has 1 N–H and O–H groups in total. The minimum Gasteiger partial charge on any atom is -0.476 e. The molecule has 84 valence electrons. The number of thiophene rings is 1. The van der Waals surface area contributed by atoms with Crippen LogP contribution in [0.4, 0.5) is 0 Å². The summed E-state index contributed by atoms with van der Waals surface area (Å²) in [5.41, 5.74) is 0.557.